The van der Waals surface area contributed by atoms with Gasteiger partial charge < -0.3 is 14.6 Å². The number of alkyl halides is 3. The fourth-order valence-corrected chi connectivity index (χ4v) is 6.78. The maximum absolute atomic E-state index is 13.3. The molecule has 1 aliphatic carbocycles. The van der Waals surface area contributed by atoms with Crippen molar-refractivity contribution in [3.63, 3.8) is 0 Å². The van der Waals surface area contributed by atoms with E-state index in [0.717, 1.165) is 18.4 Å². The topological polar surface area (TPSA) is 92.0 Å². The number of carbonyl (C=O) groups excluding carboxylic acids is 1. The van der Waals surface area contributed by atoms with E-state index >= 15 is 0 Å². The predicted octanol–water partition coefficient (Wildman–Crippen LogP) is 4.99. The molecule has 1 unspecified atom stereocenters. The van der Waals surface area contributed by atoms with Gasteiger partial charge in [0.1, 0.15) is 0 Å². The molecule has 1 aliphatic heterocycles. The van der Waals surface area contributed by atoms with E-state index in [1.165, 1.54) is 41.2 Å². The Kier molecular flexibility index (Phi) is 8.06. The highest BCUT2D eigenvalue weighted by molar-refractivity contribution is 7.92. The number of carbonyl (C=O) groups is 1. The molecule has 214 valence electrons. The summed E-state index contributed by atoms with van der Waals surface area (Å²) in [5.41, 5.74) is -0.803. The Labute approximate surface area is 227 Å². The van der Waals surface area contributed by atoms with E-state index in [1.54, 1.807) is 0 Å². The van der Waals surface area contributed by atoms with E-state index in [0.29, 0.717) is 24.1 Å². The van der Waals surface area contributed by atoms with Gasteiger partial charge in [0.05, 0.1) is 24.3 Å². The molecule has 1 aromatic carbocycles. The van der Waals surface area contributed by atoms with E-state index in [1.807, 2.05) is 30.3 Å². The molecule has 2 atom stereocenters. The van der Waals surface area contributed by atoms with Crippen LogP contribution in [0.3, 0.4) is 0 Å². The second-order valence-electron chi connectivity index (χ2n) is 11.4. The van der Waals surface area contributed by atoms with Gasteiger partial charge >= 0.3 is 6.18 Å². The zero-order chi connectivity index (χ0) is 28.6. The van der Waals surface area contributed by atoms with Crippen molar-refractivity contribution in [1.82, 2.24) is 9.47 Å². The summed E-state index contributed by atoms with van der Waals surface area (Å²) < 4.78 is 57.2. The number of aromatic nitrogens is 1. The SMILES string of the molecule is C[C@H](CC(F)(F)F)C(=O)N1CCC(O)(Cn2cc(N=S(C)(C)=O)c(-c3ccccc3)cc2=O)C2(CCCC2)C1. The average molecular weight is 568 g/mol. The number of aliphatic hydroxyl groups is 1. The number of benzene rings is 1. The Bertz CT molecular complexity index is 1380. The molecule has 2 heterocycles. The fourth-order valence-electron chi connectivity index (χ4n) is 6.16. The summed E-state index contributed by atoms with van der Waals surface area (Å²) in [6.07, 6.45) is 1.89. The predicted molar refractivity (Wildman–Crippen MR) is 145 cm³/mol. The van der Waals surface area contributed by atoms with Crippen LogP contribution in [0.1, 0.15) is 45.4 Å². The van der Waals surface area contributed by atoms with E-state index < -0.39 is 45.2 Å². The van der Waals surface area contributed by atoms with Crippen molar-refractivity contribution in [1.29, 1.82) is 0 Å². The quantitative estimate of drug-likeness (QED) is 0.533. The third-order valence-electron chi connectivity index (χ3n) is 8.05. The molecule has 1 saturated heterocycles. The Morgan fingerprint density at radius 2 is 1.79 bits per heavy atom. The third-order valence-corrected chi connectivity index (χ3v) is 8.68. The average Bonchev–Trinajstić information content (AvgIpc) is 3.31. The smallest absolute Gasteiger partial charge is 0.387 e. The Morgan fingerprint density at radius 3 is 2.38 bits per heavy atom. The van der Waals surface area contributed by atoms with Crippen molar-refractivity contribution in [3.8, 4) is 11.1 Å². The van der Waals surface area contributed by atoms with Gasteiger partial charge in [-0.05, 0) is 24.8 Å². The molecule has 0 bridgehead atoms. The van der Waals surface area contributed by atoms with Crippen molar-refractivity contribution in [2.75, 3.05) is 25.6 Å². The Hall–Kier alpha value is -2.66. The van der Waals surface area contributed by atoms with Crippen molar-refractivity contribution in [2.24, 2.45) is 15.7 Å². The first-order valence-electron chi connectivity index (χ1n) is 13.2. The van der Waals surface area contributed by atoms with Gasteiger partial charge in [-0.1, -0.05) is 50.1 Å². The Balaban J connectivity index is 1.68. The normalized spacial score (nSPS) is 22.2. The lowest BCUT2D eigenvalue weighted by Crippen LogP contribution is -2.62. The molecule has 2 fully saturated rings. The van der Waals surface area contributed by atoms with Crippen LogP contribution in [0.5, 0.6) is 0 Å². The first kappa shape index (κ1) is 29.3. The molecule has 1 aromatic heterocycles. The van der Waals surface area contributed by atoms with E-state index in [-0.39, 0.29) is 31.6 Å². The van der Waals surface area contributed by atoms with Crippen LogP contribution in [0, 0.1) is 11.3 Å². The summed E-state index contributed by atoms with van der Waals surface area (Å²) >= 11 is 0. The van der Waals surface area contributed by atoms with Gasteiger partial charge in [-0.2, -0.15) is 17.5 Å². The number of nitrogens with zero attached hydrogens (tertiary/aromatic N) is 3. The van der Waals surface area contributed by atoms with E-state index in [4.69, 9.17) is 0 Å². The van der Waals surface area contributed by atoms with Crippen LogP contribution in [0.15, 0.2) is 51.8 Å². The molecular weight excluding hydrogens is 531 g/mol. The molecule has 1 spiro atoms. The molecule has 7 nitrogen and oxygen atoms in total. The van der Waals surface area contributed by atoms with Gasteiger partial charge in [-0.15, -0.1) is 0 Å². The van der Waals surface area contributed by atoms with Gasteiger partial charge in [-0.3, -0.25) is 9.59 Å². The van der Waals surface area contributed by atoms with Gasteiger partial charge in [0, 0.05) is 64.5 Å². The molecule has 39 heavy (non-hydrogen) atoms. The molecule has 1 amide bonds. The molecule has 1 saturated carbocycles. The minimum absolute atomic E-state index is 0.0574. The van der Waals surface area contributed by atoms with Crippen LogP contribution >= 0.6 is 0 Å². The number of halogens is 3. The van der Waals surface area contributed by atoms with Crippen LogP contribution in [0.25, 0.3) is 11.1 Å². The lowest BCUT2D eigenvalue weighted by molar-refractivity contribution is -0.172. The highest BCUT2D eigenvalue weighted by Gasteiger charge is 2.56. The number of piperidine rings is 1. The van der Waals surface area contributed by atoms with Gasteiger partial charge in [-0.25, -0.2) is 4.21 Å². The minimum atomic E-state index is -4.44. The largest absolute Gasteiger partial charge is 0.389 e. The molecule has 1 N–H and O–H groups in total. The molecule has 2 aliphatic rings. The van der Waals surface area contributed by atoms with Crippen molar-refractivity contribution >= 4 is 21.3 Å². The number of hydrogen-bond donors (Lipinski definition) is 1. The number of amides is 1. The summed E-state index contributed by atoms with van der Waals surface area (Å²) in [5.74, 6) is -1.77. The second kappa shape index (κ2) is 10.7. The van der Waals surface area contributed by atoms with Gasteiger partial charge in [0.15, 0.2) is 0 Å². The standard InChI is InChI=1S/C28H36F3N3O4S/c1-20(16-28(29,30)31)25(36)33-14-13-27(37,26(18-33)11-7-8-12-26)19-34-17-23(32-39(2,3)38)22(15-24(34)35)21-9-5-4-6-10-21/h4-6,9-10,15,17,20,37H,7-8,11-14,16,18-19H2,1-3H3/t20-,27?/m1/s1. The minimum Gasteiger partial charge on any atom is -0.387 e. The monoisotopic (exact) mass is 567 g/mol. The lowest BCUT2D eigenvalue weighted by atomic mass is 9.65. The zero-order valence-electron chi connectivity index (χ0n) is 22.5. The molecular formula is C28H36F3N3O4S. The molecule has 2 aromatic rings. The van der Waals surface area contributed by atoms with Gasteiger partial charge in [0.2, 0.25) is 5.91 Å². The van der Waals surface area contributed by atoms with Crippen LogP contribution in [-0.4, -0.2) is 62.1 Å². The first-order valence-corrected chi connectivity index (χ1v) is 15.5. The van der Waals surface area contributed by atoms with Crippen molar-refractivity contribution in [2.45, 2.75) is 63.8 Å². The van der Waals surface area contributed by atoms with Crippen LogP contribution < -0.4 is 5.56 Å². The number of hydrogen-bond acceptors (Lipinski definition) is 5. The van der Waals surface area contributed by atoms with Crippen molar-refractivity contribution < 1.29 is 27.3 Å². The first-order chi connectivity index (χ1) is 18.1. The third kappa shape index (κ3) is 6.57. The second-order valence-corrected chi connectivity index (χ2v) is 14.0. The van der Waals surface area contributed by atoms with Gasteiger partial charge in [0.25, 0.3) is 5.56 Å². The summed E-state index contributed by atoms with van der Waals surface area (Å²) in [6.45, 7) is 1.48. The summed E-state index contributed by atoms with van der Waals surface area (Å²) in [7, 11) is -2.57. The Morgan fingerprint density at radius 1 is 1.15 bits per heavy atom. The molecule has 4 rings (SSSR count). The fraction of sp³-hybridized carbons (Fsp3) is 0.571. The number of rotatable bonds is 6. The van der Waals surface area contributed by atoms with Crippen molar-refractivity contribution in [3.05, 3.63) is 52.9 Å². The zero-order valence-corrected chi connectivity index (χ0v) is 23.4. The lowest BCUT2D eigenvalue weighted by Gasteiger charge is -2.52. The summed E-state index contributed by atoms with van der Waals surface area (Å²) in [6, 6.07) is 10.6. The van der Waals surface area contributed by atoms with E-state index in [2.05, 4.69) is 4.36 Å². The number of pyridine rings is 1. The highest BCUT2D eigenvalue weighted by Crippen LogP contribution is 2.52. The van der Waals surface area contributed by atoms with Crippen LogP contribution in [-0.2, 0) is 21.1 Å². The number of likely N-dealkylation sites (tertiary alicyclic amines) is 1. The van der Waals surface area contributed by atoms with E-state index in [9.17, 15) is 32.1 Å². The van der Waals surface area contributed by atoms with Crippen LogP contribution in [0.4, 0.5) is 18.9 Å². The molecule has 11 heteroatoms. The maximum Gasteiger partial charge on any atom is 0.389 e. The highest BCUT2D eigenvalue weighted by atomic mass is 32.2. The summed E-state index contributed by atoms with van der Waals surface area (Å²) in [4.78, 5) is 27.7. The maximum atomic E-state index is 13.3. The summed E-state index contributed by atoms with van der Waals surface area (Å²) in [5, 5.41) is 12.1. The van der Waals surface area contributed by atoms with Crippen LogP contribution in [0.2, 0.25) is 0 Å². The molecule has 0 radical (unpaired) electrons.